The molecule has 3 aromatic rings. The molecular weight excluding hydrogens is 278 g/mol. The molecule has 0 aliphatic rings. The SMILES string of the molecule is COc1cc(C#N)ccc1-c1c(C)[nH]c2nc(N)nc(C)c12. The van der Waals surface area contributed by atoms with Crippen molar-refractivity contribution in [3.8, 4) is 22.9 Å². The highest BCUT2D eigenvalue weighted by atomic mass is 16.5. The Hall–Kier alpha value is -3.07. The Morgan fingerprint density at radius 1 is 1.27 bits per heavy atom. The lowest BCUT2D eigenvalue weighted by molar-refractivity contribution is 0.416. The number of hydrogen-bond acceptors (Lipinski definition) is 5. The lowest BCUT2D eigenvalue weighted by Crippen LogP contribution is -1.97. The van der Waals surface area contributed by atoms with Crippen LogP contribution >= 0.6 is 0 Å². The number of rotatable bonds is 2. The first-order valence-corrected chi connectivity index (χ1v) is 6.76. The number of nitrogen functional groups attached to an aromatic ring is 1. The first-order chi connectivity index (χ1) is 10.5. The summed E-state index contributed by atoms with van der Waals surface area (Å²) in [5, 5.41) is 9.95. The fourth-order valence-corrected chi connectivity index (χ4v) is 2.72. The summed E-state index contributed by atoms with van der Waals surface area (Å²) in [6, 6.07) is 7.48. The molecule has 1 aromatic carbocycles. The van der Waals surface area contributed by atoms with Crippen molar-refractivity contribution in [1.29, 1.82) is 5.26 Å². The summed E-state index contributed by atoms with van der Waals surface area (Å²) in [4.78, 5) is 11.7. The third-order valence-corrected chi connectivity index (χ3v) is 3.64. The molecular formula is C16H15N5O. The second kappa shape index (κ2) is 5.04. The summed E-state index contributed by atoms with van der Waals surface area (Å²) in [6.45, 7) is 3.86. The second-order valence-corrected chi connectivity index (χ2v) is 5.04. The van der Waals surface area contributed by atoms with Gasteiger partial charge in [0.15, 0.2) is 0 Å². The molecule has 0 saturated carbocycles. The van der Waals surface area contributed by atoms with Gasteiger partial charge in [0.2, 0.25) is 5.95 Å². The number of benzene rings is 1. The second-order valence-electron chi connectivity index (χ2n) is 5.04. The van der Waals surface area contributed by atoms with Gasteiger partial charge in [0.25, 0.3) is 0 Å². The summed E-state index contributed by atoms with van der Waals surface area (Å²) in [6.07, 6.45) is 0. The number of nitrogens with one attached hydrogen (secondary N) is 1. The Morgan fingerprint density at radius 3 is 2.73 bits per heavy atom. The van der Waals surface area contributed by atoms with Crippen LogP contribution in [0.5, 0.6) is 5.75 Å². The van der Waals surface area contributed by atoms with E-state index in [1.54, 1.807) is 19.2 Å². The van der Waals surface area contributed by atoms with Crippen LogP contribution in [0, 0.1) is 25.2 Å². The minimum absolute atomic E-state index is 0.240. The fourth-order valence-electron chi connectivity index (χ4n) is 2.72. The van der Waals surface area contributed by atoms with Gasteiger partial charge in [0.05, 0.1) is 24.4 Å². The van der Waals surface area contributed by atoms with Gasteiger partial charge in [0, 0.05) is 22.2 Å². The standard InChI is InChI=1S/C16H15N5O/c1-8-13(11-5-4-10(7-17)6-12(11)22-3)14-9(2)20-16(18)21-15(14)19-8/h4-6H,1-3H3,(H3,18,19,20,21). The van der Waals surface area contributed by atoms with E-state index in [4.69, 9.17) is 15.7 Å². The van der Waals surface area contributed by atoms with Gasteiger partial charge in [0.1, 0.15) is 11.4 Å². The number of ether oxygens (including phenoxy) is 1. The predicted octanol–water partition coefficient (Wildman–Crippen LogP) is 2.70. The summed E-state index contributed by atoms with van der Waals surface area (Å²) in [5.41, 5.74) is 10.6. The van der Waals surface area contributed by atoms with Gasteiger partial charge in [-0.2, -0.15) is 10.2 Å². The monoisotopic (exact) mass is 293 g/mol. The van der Waals surface area contributed by atoms with Crippen molar-refractivity contribution in [2.45, 2.75) is 13.8 Å². The normalized spacial score (nSPS) is 10.6. The summed E-state index contributed by atoms with van der Waals surface area (Å²) >= 11 is 0. The van der Waals surface area contributed by atoms with Crippen molar-refractivity contribution < 1.29 is 4.74 Å². The van der Waals surface area contributed by atoms with Crippen molar-refractivity contribution in [3.63, 3.8) is 0 Å². The first kappa shape index (κ1) is 13.9. The molecule has 22 heavy (non-hydrogen) atoms. The predicted molar refractivity (Wildman–Crippen MR) is 84.5 cm³/mol. The molecule has 0 radical (unpaired) electrons. The summed E-state index contributed by atoms with van der Waals surface area (Å²) < 4.78 is 5.45. The number of anilines is 1. The third-order valence-electron chi connectivity index (χ3n) is 3.64. The van der Waals surface area contributed by atoms with Crippen molar-refractivity contribution in [3.05, 3.63) is 35.2 Å². The number of nitrogens with zero attached hydrogens (tertiary/aromatic N) is 3. The topological polar surface area (TPSA) is 101 Å². The molecule has 0 atom stereocenters. The lowest BCUT2D eigenvalue weighted by Gasteiger charge is -2.10. The van der Waals surface area contributed by atoms with Crippen LogP contribution in [0.15, 0.2) is 18.2 Å². The highest BCUT2D eigenvalue weighted by Gasteiger charge is 2.18. The van der Waals surface area contributed by atoms with E-state index >= 15 is 0 Å². The Kier molecular flexibility index (Phi) is 3.18. The molecule has 3 rings (SSSR count). The Balaban J connectivity index is 2.36. The molecule has 6 heteroatoms. The van der Waals surface area contributed by atoms with Crippen LogP contribution in [0.1, 0.15) is 17.0 Å². The Morgan fingerprint density at radius 2 is 2.05 bits per heavy atom. The number of nitriles is 1. The zero-order chi connectivity index (χ0) is 15.9. The minimum atomic E-state index is 0.240. The minimum Gasteiger partial charge on any atom is -0.496 e. The van der Waals surface area contributed by atoms with Crippen LogP contribution in [-0.4, -0.2) is 22.1 Å². The molecule has 0 aliphatic carbocycles. The Labute approximate surface area is 127 Å². The van der Waals surface area contributed by atoms with Crippen LogP contribution in [0.2, 0.25) is 0 Å². The van der Waals surface area contributed by atoms with E-state index < -0.39 is 0 Å². The summed E-state index contributed by atoms with van der Waals surface area (Å²) in [5.74, 6) is 0.879. The number of aryl methyl sites for hydroxylation is 2. The zero-order valence-corrected chi connectivity index (χ0v) is 12.6. The van der Waals surface area contributed by atoms with E-state index in [0.29, 0.717) is 17.0 Å². The quantitative estimate of drug-likeness (QED) is 0.756. The van der Waals surface area contributed by atoms with Gasteiger partial charge in [-0.25, -0.2) is 4.98 Å². The number of aromatic nitrogens is 3. The van der Waals surface area contributed by atoms with E-state index in [1.807, 2.05) is 19.9 Å². The van der Waals surface area contributed by atoms with E-state index in [2.05, 4.69) is 21.0 Å². The van der Waals surface area contributed by atoms with Crippen molar-refractivity contribution >= 4 is 17.0 Å². The molecule has 3 N–H and O–H groups in total. The number of fused-ring (bicyclic) bond motifs is 1. The number of aromatic amines is 1. The maximum atomic E-state index is 9.03. The maximum absolute atomic E-state index is 9.03. The van der Waals surface area contributed by atoms with E-state index in [9.17, 15) is 0 Å². The highest BCUT2D eigenvalue weighted by Crippen LogP contribution is 2.38. The number of nitrogens with two attached hydrogens (primary N) is 1. The number of methoxy groups -OCH3 is 1. The average Bonchev–Trinajstić information content (AvgIpc) is 2.82. The molecule has 0 saturated heterocycles. The molecule has 0 aliphatic heterocycles. The smallest absolute Gasteiger partial charge is 0.222 e. The van der Waals surface area contributed by atoms with Gasteiger partial charge in [-0.1, -0.05) is 0 Å². The largest absolute Gasteiger partial charge is 0.496 e. The maximum Gasteiger partial charge on any atom is 0.222 e. The Bertz CT molecular complexity index is 920. The van der Waals surface area contributed by atoms with Gasteiger partial charge >= 0.3 is 0 Å². The molecule has 6 nitrogen and oxygen atoms in total. The molecule has 0 spiro atoms. The highest BCUT2D eigenvalue weighted by molar-refractivity contribution is 5.99. The van der Waals surface area contributed by atoms with Crippen molar-refractivity contribution in [2.75, 3.05) is 12.8 Å². The van der Waals surface area contributed by atoms with Crippen LogP contribution < -0.4 is 10.5 Å². The van der Waals surface area contributed by atoms with Crippen LogP contribution in [-0.2, 0) is 0 Å². The van der Waals surface area contributed by atoms with Gasteiger partial charge in [-0.3, -0.25) is 0 Å². The fraction of sp³-hybridized carbons (Fsp3) is 0.188. The molecule has 0 bridgehead atoms. The zero-order valence-electron chi connectivity index (χ0n) is 12.6. The molecule has 2 heterocycles. The van der Waals surface area contributed by atoms with Crippen LogP contribution in [0.4, 0.5) is 5.95 Å². The van der Waals surface area contributed by atoms with Gasteiger partial charge in [-0.15, -0.1) is 0 Å². The molecule has 0 unspecified atom stereocenters. The lowest BCUT2D eigenvalue weighted by atomic mass is 10.00. The van der Waals surface area contributed by atoms with E-state index in [-0.39, 0.29) is 5.95 Å². The van der Waals surface area contributed by atoms with E-state index in [1.165, 1.54) is 0 Å². The first-order valence-electron chi connectivity index (χ1n) is 6.76. The molecule has 0 amide bonds. The van der Waals surface area contributed by atoms with Crippen LogP contribution in [0.25, 0.3) is 22.2 Å². The molecule has 0 fully saturated rings. The number of H-pyrrole nitrogens is 1. The van der Waals surface area contributed by atoms with E-state index in [0.717, 1.165) is 27.9 Å². The van der Waals surface area contributed by atoms with Crippen LogP contribution in [0.3, 0.4) is 0 Å². The average molecular weight is 293 g/mol. The molecule has 110 valence electrons. The summed E-state index contributed by atoms with van der Waals surface area (Å²) in [7, 11) is 1.59. The van der Waals surface area contributed by atoms with Gasteiger partial charge in [-0.05, 0) is 32.0 Å². The number of hydrogen-bond donors (Lipinski definition) is 2. The third kappa shape index (κ3) is 2.04. The van der Waals surface area contributed by atoms with Crippen molar-refractivity contribution in [2.24, 2.45) is 0 Å². The molecule has 2 aromatic heterocycles. The van der Waals surface area contributed by atoms with Gasteiger partial charge < -0.3 is 15.5 Å². The van der Waals surface area contributed by atoms with Crippen molar-refractivity contribution in [1.82, 2.24) is 15.0 Å².